The number of hydrogen-bond donors (Lipinski definition) is 1. The maximum atomic E-state index is 13.0. The number of aryl methyl sites for hydroxylation is 1. The Morgan fingerprint density at radius 1 is 1.09 bits per heavy atom. The van der Waals surface area contributed by atoms with Gasteiger partial charge < -0.3 is 5.32 Å². The van der Waals surface area contributed by atoms with Gasteiger partial charge in [0.05, 0.1) is 10.3 Å². The van der Waals surface area contributed by atoms with E-state index >= 15 is 0 Å². The van der Waals surface area contributed by atoms with Gasteiger partial charge in [-0.05, 0) is 56.9 Å². The first-order valence-corrected chi connectivity index (χ1v) is 9.65. The van der Waals surface area contributed by atoms with Crippen molar-refractivity contribution >= 4 is 21.6 Å². The molecule has 0 aliphatic carbocycles. The van der Waals surface area contributed by atoms with Gasteiger partial charge in [0.15, 0.2) is 0 Å². The van der Waals surface area contributed by atoms with Crippen LogP contribution in [0.25, 0.3) is 0 Å². The fourth-order valence-corrected chi connectivity index (χ4v) is 5.01. The Hall–Kier alpha value is -1.40. The highest BCUT2D eigenvalue weighted by Crippen LogP contribution is 2.41. The fraction of sp³-hybridized carbons (Fsp3) is 0.588. The molecule has 0 atom stereocenters. The molecule has 3 rings (SSSR count). The molecule has 1 fully saturated rings. The van der Waals surface area contributed by atoms with E-state index in [0.717, 1.165) is 42.5 Å². The van der Waals surface area contributed by atoms with Gasteiger partial charge in [0.2, 0.25) is 15.9 Å². The molecule has 5 nitrogen and oxygen atoms in total. The minimum Gasteiger partial charge on any atom is -0.325 e. The van der Waals surface area contributed by atoms with Crippen molar-refractivity contribution < 1.29 is 13.2 Å². The van der Waals surface area contributed by atoms with Crippen molar-refractivity contribution in [2.24, 2.45) is 0 Å². The summed E-state index contributed by atoms with van der Waals surface area (Å²) in [6.45, 7) is 6.67. The van der Waals surface area contributed by atoms with E-state index in [9.17, 15) is 13.2 Å². The molecule has 0 spiro atoms. The molecule has 0 bridgehead atoms. The van der Waals surface area contributed by atoms with E-state index in [1.54, 1.807) is 16.4 Å². The predicted octanol–water partition coefficient (Wildman–Crippen LogP) is 2.79. The molecule has 1 saturated heterocycles. The first-order valence-electron chi connectivity index (χ1n) is 8.21. The Labute approximate surface area is 138 Å². The molecule has 6 heteroatoms. The zero-order chi connectivity index (χ0) is 16.8. The molecule has 23 heavy (non-hydrogen) atoms. The third kappa shape index (κ3) is 2.68. The van der Waals surface area contributed by atoms with Gasteiger partial charge in [-0.25, -0.2) is 8.42 Å². The number of rotatable bonds is 2. The average Bonchev–Trinajstić information content (AvgIpc) is 2.69. The molecular formula is C17H24N2O3S. The Morgan fingerprint density at radius 3 is 2.30 bits per heavy atom. The summed E-state index contributed by atoms with van der Waals surface area (Å²) in [7, 11) is -3.50. The van der Waals surface area contributed by atoms with Crippen LogP contribution in [-0.2, 0) is 20.2 Å². The highest BCUT2D eigenvalue weighted by atomic mass is 32.2. The quantitative estimate of drug-likeness (QED) is 0.903. The summed E-state index contributed by atoms with van der Waals surface area (Å²) in [5.74, 6) is -0.0834. The van der Waals surface area contributed by atoms with Crippen LogP contribution < -0.4 is 5.32 Å². The topological polar surface area (TPSA) is 66.5 Å². The number of sulfonamides is 1. The Kier molecular flexibility index (Phi) is 4.01. The van der Waals surface area contributed by atoms with Gasteiger partial charge in [0, 0.05) is 18.8 Å². The summed E-state index contributed by atoms with van der Waals surface area (Å²) < 4.78 is 27.6. The lowest BCUT2D eigenvalue weighted by Crippen LogP contribution is -2.32. The van der Waals surface area contributed by atoms with Crippen molar-refractivity contribution in [2.45, 2.75) is 56.8 Å². The lowest BCUT2D eigenvalue weighted by molar-refractivity contribution is -0.119. The number of nitrogens with zero attached hydrogens (tertiary/aromatic N) is 1. The smallest absolute Gasteiger partial charge is 0.243 e. The minimum absolute atomic E-state index is 0.0834. The van der Waals surface area contributed by atoms with Crippen LogP contribution in [0.4, 0.5) is 5.69 Å². The number of anilines is 1. The molecule has 2 aliphatic rings. The van der Waals surface area contributed by atoms with E-state index in [1.165, 1.54) is 0 Å². The van der Waals surface area contributed by atoms with Crippen LogP contribution in [0.2, 0.25) is 0 Å². The number of nitrogens with one attached hydrogen (secondary N) is 1. The van der Waals surface area contributed by atoms with E-state index < -0.39 is 15.4 Å². The van der Waals surface area contributed by atoms with Gasteiger partial charge in [0.1, 0.15) is 0 Å². The number of carbonyl (C=O) groups excluding carboxylic acids is 1. The molecule has 0 saturated carbocycles. The van der Waals surface area contributed by atoms with Crippen LogP contribution in [0.5, 0.6) is 0 Å². The number of hydrogen-bond acceptors (Lipinski definition) is 3. The standard InChI is InChI=1S/C17H24N2O3S/c1-12-10-13(11-14-15(12)18-16(20)17(14,2)3)23(21,22)19-8-6-4-5-7-9-19/h10-11H,4-9H2,1-3H3,(H,18,20). The minimum atomic E-state index is -3.50. The summed E-state index contributed by atoms with van der Waals surface area (Å²) in [4.78, 5) is 12.4. The van der Waals surface area contributed by atoms with Crippen LogP contribution in [0.1, 0.15) is 50.7 Å². The Balaban J connectivity index is 2.06. The molecule has 1 aromatic rings. The Bertz CT molecular complexity index is 745. The lowest BCUT2D eigenvalue weighted by Gasteiger charge is -2.22. The third-order valence-electron chi connectivity index (χ3n) is 4.99. The number of benzene rings is 1. The molecule has 1 aromatic carbocycles. The average molecular weight is 336 g/mol. The van der Waals surface area contributed by atoms with E-state index in [-0.39, 0.29) is 5.91 Å². The summed E-state index contributed by atoms with van der Waals surface area (Å²) in [6.07, 6.45) is 3.99. The fourth-order valence-electron chi connectivity index (χ4n) is 3.39. The SMILES string of the molecule is Cc1cc(S(=O)(=O)N2CCCCCC2)cc2c1NC(=O)C2(C)C. The third-order valence-corrected chi connectivity index (χ3v) is 6.87. The molecule has 2 heterocycles. The summed E-state index contributed by atoms with van der Waals surface area (Å²) >= 11 is 0. The van der Waals surface area contributed by atoms with Gasteiger partial charge in [0.25, 0.3) is 0 Å². The van der Waals surface area contributed by atoms with Crippen LogP contribution in [0.15, 0.2) is 17.0 Å². The number of fused-ring (bicyclic) bond motifs is 1. The maximum absolute atomic E-state index is 13.0. The Morgan fingerprint density at radius 2 is 1.70 bits per heavy atom. The normalized spacial score (nSPS) is 21.6. The molecule has 0 unspecified atom stereocenters. The molecular weight excluding hydrogens is 312 g/mol. The summed E-state index contributed by atoms with van der Waals surface area (Å²) in [6, 6.07) is 3.36. The first kappa shape index (κ1) is 16.5. The van der Waals surface area contributed by atoms with Crippen molar-refractivity contribution in [1.29, 1.82) is 0 Å². The maximum Gasteiger partial charge on any atom is 0.243 e. The monoisotopic (exact) mass is 336 g/mol. The van der Waals surface area contributed by atoms with Crippen LogP contribution in [0.3, 0.4) is 0 Å². The van der Waals surface area contributed by atoms with E-state index in [0.29, 0.717) is 18.0 Å². The van der Waals surface area contributed by atoms with E-state index in [4.69, 9.17) is 0 Å². The van der Waals surface area contributed by atoms with E-state index in [1.807, 2.05) is 20.8 Å². The van der Waals surface area contributed by atoms with Crippen LogP contribution in [-0.4, -0.2) is 31.7 Å². The zero-order valence-corrected chi connectivity index (χ0v) is 14.8. The molecule has 2 aliphatic heterocycles. The second kappa shape index (κ2) is 5.60. The van der Waals surface area contributed by atoms with E-state index in [2.05, 4.69) is 5.32 Å². The van der Waals surface area contributed by atoms with Crippen molar-refractivity contribution in [3.05, 3.63) is 23.3 Å². The summed E-state index contributed by atoms with van der Waals surface area (Å²) in [5, 5.41) is 2.88. The second-order valence-corrected chi connectivity index (χ2v) is 9.00. The number of carbonyl (C=O) groups is 1. The molecule has 0 radical (unpaired) electrons. The van der Waals surface area contributed by atoms with Gasteiger partial charge in [-0.1, -0.05) is 12.8 Å². The highest BCUT2D eigenvalue weighted by molar-refractivity contribution is 7.89. The van der Waals surface area contributed by atoms with Crippen molar-refractivity contribution in [2.75, 3.05) is 18.4 Å². The zero-order valence-electron chi connectivity index (χ0n) is 14.0. The van der Waals surface area contributed by atoms with Crippen LogP contribution in [0, 0.1) is 6.92 Å². The highest BCUT2D eigenvalue weighted by Gasteiger charge is 2.40. The lowest BCUT2D eigenvalue weighted by atomic mass is 9.85. The molecule has 126 valence electrons. The van der Waals surface area contributed by atoms with Gasteiger partial charge in [-0.3, -0.25) is 4.79 Å². The molecule has 0 aromatic heterocycles. The number of amides is 1. The van der Waals surface area contributed by atoms with Crippen molar-refractivity contribution in [3.8, 4) is 0 Å². The first-order chi connectivity index (χ1) is 10.7. The van der Waals surface area contributed by atoms with Gasteiger partial charge in [-0.2, -0.15) is 4.31 Å². The second-order valence-electron chi connectivity index (χ2n) is 7.06. The largest absolute Gasteiger partial charge is 0.325 e. The predicted molar refractivity (Wildman–Crippen MR) is 90.1 cm³/mol. The van der Waals surface area contributed by atoms with Gasteiger partial charge >= 0.3 is 0 Å². The molecule has 1 N–H and O–H groups in total. The van der Waals surface area contributed by atoms with Crippen molar-refractivity contribution in [3.63, 3.8) is 0 Å². The molecule has 1 amide bonds. The van der Waals surface area contributed by atoms with Gasteiger partial charge in [-0.15, -0.1) is 0 Å². The summed E-state index contributed by atoms with van der Waals surface area (Å²) in [5.41, 5.74) is 1.63. The van der Waals surface area contributed by atoms with Crippen LogP contribution >= 0.6 is 0 Å². The van der Waals surface area contributed by atoms with Crippen molar-refractivity contribution in [1.82, 2.24) is 4.31 Å².